The molecule has 0 fully saturated rings. The van der Waals surface area contributed by atoms with Crippen molar-refractivity contribution in [3.63, 3.8) is 0 Å². The Morgan fingerprint density at radius 2 is 1.85 bits per heavy atom. The summed E-state index contributed by atoms with van der Waals surface area (Å²) in [7, 11) is 0. The van der Waals surface area contributed by atoms with Gasteiger partial charge in [0.1, 0.15) is 5.82 Å². The van der Waals surface area contributed by atoms with Crippen LogP contribution >= 0.6 is 0 Å². The first-order chi connectivity index (χ1) is 12.7. The first kappa shape index (κ1) is 15.8. The quantitative estimate of drug-likeness (QED) is 0.738. The number of para-hydroxylation sites is 1. The molecule has 3 aromatic rings. The van der Waals surface area contributed by atoms with E-state index in [9.17, 15) is 9.59 Å². The predicted octanol–water partition coefficient (Wildman–Crippen LogP) is 2.60. The molecule has 2 aromatic carbocycles. The number of amides is 1. The minimum Gasteiger partial charge on any atom is -0.344 e. The van der Waals surface area contributed by atoms with Gasteiger partial charge in [-0.15, -0.1) is 0 Å². The number of anilines is 1. The zero-order chi connectivity index (χ0) is 18.1. The molecule has 0 bridgehead atoms. The summed E-state index contributed by atoms with van der Waals surface area (Å²) in [6.45, 7) is 0.266. The summed E-state index contributed by atoms with van der Waals surface area (Å²) in [5, 5.41) is 8.84. The predicted molar refractivity (Wildman–Crippen MR) is 94.5 cm³/mol. The molecule has 1 amide bonds. The van der Waals surface area contributed by atoms with E-state index in [1.807, 2.05) is 12.1 Å². The van der Waals surface area contributed by atoms with Crippen molar-refractivity contribution in [1.29, 1.82) is 5.26 Å². The van der Waals surface area contributed by atoms with Gasteiger partial charge in [0.2, 0.25) is 0 Å². The number of hydrogen-bond donors (Lipinski definition) is 1. The summed E-state index contributed by atoms with van der Waals surface area (Å²) >= 11 is 0. The highest BCUT2D eigenvalue weighted by atomic mass is 16.2. The van der Waals surface area contributed by atoms with E-state index in [0.29, 0.717) is 23.2 Å². The maximum absolute atomic E-state index is 12.2. The summed E-state index contributed by atoms with van der Waals surface area (Å²) in [6.07, 6.45) is 2.27. The molecule has 1 aromatic heterocycles. The third-order valence-corrected chi connectivity index (χ3v) is 4.34. The van der Waals surface area contributed by atoms with E-state index in [4.69, 9.17) is 5.26 Å². The first-order valence-electron chi connectivity index (χ1n) is 8.13. The van der Waals surface area contributed by atoms with Gasteiger partial charge in [0.25, 0.3) is 11.7 Å². The highest BCUT2D eigenvalue weighted by Crippen LogP contribution is 2.29. The van der Waals surface area contributed by atoms with Crippen LogP contribution in [-0.4, -0.2) is 21.7 Å². The van der Waals surface area contributed by atoms with Crippen molar-refractivity contribution in [2.45, 2.75) is 13.0 Å². The SMILES string of the molecule is N#Cc1ccc(Cc2ncc(CN3C(=O)C(=O)c4ccccc43)[nH]2)cc1. The number of nitrogens with zero attached hydrogens (tertiary/aromatic N) is 3. The zero-order valence-corrected chi connectivity index (χ0v) is 13.8. The summed E-state index contributed by atoms with van der Waals surface area (Å²) < 4.78 is 0. The summed E-state index contributed by atoms with van der Waals surface area (Å²) in [4.78, 5) is 33.3. The Kier molecular flexibility index (Phi) is 3.82. The second-order valence-electron chi connectivity index (χ2n) is 6.08. The van der Waals surface area contributed by atoms with Gasteiger partial charge in [-0.05, 0) is 29.8 Å². The van der Waals surface area contributed by atoms with Gasteiger partial charge >= 0.3 is 0 Å². The summed E-state index contributed by atoms with van der Waals surface area (Å²) in [6, 6.07) is 16.4. The van der Waals surface area contributed by atoms with Crippen LogP contribution in [0, 0.1) is 11.3 Å². The van der Waals surface area contributed by atoms with Gasteiger partial charge < -0.3 is 4.98 Å². The van der Waals surface area contributed by atoms with Crippen LogP contribution in [0.25, 0.3) is 0 Å². The normalized spacial score (nSPS) is 13.0. The van der Waals surface area contributed by atoms with Crippen molar-refractivity contribution in [3.8, 4) is 6.07 Å². The number of aromatic amines is 1. The zero-order valence-electron chi connectivity index (χ0n) is 13.8. The lowest BCUT2D eigenvalue weighted by atomic mass is 10.1. The summed E-state index contributed by atoms with van der Waals surface area (Å²) in [5.41, 5.74) is 3.47. The first-order valence-corrected chi connectivity index (χ1v) is 8.13. The summed E-state index contributed by atoms with van der Waals surface area (Å²) in [5.74, 6) is -0.233. The van der Waals surface area contributed by atoms with Gasteiger partial charge in [-0.2, -0.15) is 5.26 Å². The minimum absolute atomic E-state index is 0.266. The van der Waals surface area contributed by atoms with Crippen LogP contribution in [-0.2, 0) is 17.8 Å². The molecule has 0 radical (unpaired) electrons. The molecule has 6 heteroatoms. The maximum atomic E-state index is 12.2. The highest BCUT2D eigenvalue weighted by Gasteiger charge is 2.35. The van der Waals surface area contributed by atoms with Crippen molar-refractivity contribution in [2.24, 2.45) is 0 Å². The third-order valence-electron chi connectivity index (χ3n) is 4.34. The van der Waals surface area contributed by atoms with Crippen molar-refractivity contribution in [3.05, 3.63) is 82.9 Å². The van der Waals surface area contributed by atoms with Crippen LogP contribution in [0.1, 0.15) is 33.0 Å². The molecule has 0 atom stereocenters. The van der Waals surface area contributed by atoms with Gasteiger partial charge in [-0.25, -0.2) is 4.98 Å². The molecule has 6 nitrogen and oxygen atoms in total. The Morgan fingerprint density at radius 3 is 2.62 bits per heavy atom. The molecule has 1 aliphatic heterocycles. The lowest BCUT2D eigenvalue weighted by Crippen LogP contribution is -2.29. The molecule has 2 heterocycles. The smallest absolute Gasteiger partial charge is 0.299 e. The molecule has 126 valence electrons. The number of carbonyl (C=O) groups is 2. The molecule has 0 saturated heterocycles. The lowest BCUT2D eigenvalue weighted by Gasteiger charge is -2.14. The van der Waals surface area contributed by atoms with Crippen LogP contribution < -0.4 is 4.90 Å². The fraction of sp³-hybridized carbons (Fsp3) is 0.100. The lowest BCUT2D eigenvalue weighted by molar-refractivity contribution is -0.114. The molecule has 26 heavy (non-hydrogen) atoms. The fourth-order valence-corrected chi connectivity index (χ4v) is 3.04. The Morgan fingerprint density at radius 1 is 1.08 bits per heavy atom. The second-order valence-corrected chi connectivity index (χ2v) is 6.08. The van der Waals surface area contributed by atoms with Crippen molar-refractivity contribution in [2.75, 3.05) is 4.90 Å². The van der Waals surface area contributed by atoms with E-state index in [0.717, 1.165) is 17.1 Å². The number of benzene rings is 2. The van der Waals surface area contributed by atoms with Crippen LogP contribution in [0.15, 0.2) is 54.7 Å². The van der Waals surface area contributed by atoms with Crippen molar-refractivity contribution >= 4 is 17.4 Å². The van der Waals surface area contributed by atoms with Crippen molar-refractivity contribution < 1.29 is 9.59 Å². The monoisotopic (exact) mass is 342 g/mol. The number of ketones is 1. The van der Waals surface area contributed by atoms with E-state index in [1.54, 1.807) is 42.6 Å². The standard InChI is InChI=1S/C20H14N4O2/c21-10-14-7-5-13(6-8-14)9-18-22-11-15(23-18)12-24-17-4-2-1-3-16(17)19(25)20(24)26/h1-8,11H,9,12H2,(H,22,23). The Bertz CT molecular complexity index is 1040. The van der Waals surface area contributed by atoms with E-state index < -0.39 is 11.7 Å². The number of aromatic nitrogens is 2. The molecule has 1 N–H and O–H groups in total. The number of carbonyl (C=O) groups excluding carboxylic acids is 2. The number of H-pyrrole nitrogens is 1. The molecule has 1 aliphatic rings. The number of rotatable bonds is 4. The van der Waals surface area contributed by atoms with Crippen LogP contribution in [0.2, 0.25) is 0 Å². The largest absolute Gasteiger partial charge is 0.344 e. The molecule has 0 aliphatic carbocycles. The minimum atomic E-state index is -0.519. The number of nitriles is 1. The average Bonchev–Trinajstić information content (AvgIpc) is 3.21. The average molecular weight is 342 g/mol. The second kappa shape index (κ2) is 6.30. The fourth-order valence-electron chi connectivity index (χ4n) is 3.04. The molecular weight excluding hydrogens is 328 g/mol. The molecule has 0 saturated carbocycles. The van der Waals surface area contributed by atoms with Crippen molar-refractivity contribution in [1.82, 2.24) is 9.97 Å². The van der Waals surface area contributed by atoms with Gasteiger partial charge in [-0.1, -0.05) is 24.3 Å². The van der Waals surface area contributed by atoms with Gasteiger partial charge in [0.15, 0.2) is 0 Å². The van der Waals surface area contributed by atoms with Crippen LogP contribution in [0.4, 0.5) is 5.69 Å². The Labute approximate surface area is 149 Å². The Hall–Kier alpha value is -3.72. The van der Waals surface area contributed by atoms with E-state index in [-0.39, 0.29) is 6.54 Å². The Balaban J connectivity index is 1.51. The molecule has 0 unspecified atom stereocenters. The maximum Gasteiger partial charge on any atom is 0.299 e. The highest BCUT2D eigenvalue weighted by molar-refractivity contribution is 6.52. The number of Topliss-reactive ketones (excluding diaryl/α,β-unsaturated/α-hetero) is 1. The van der Waals surface area contributed by atoms with E-state index in [1.165, 1.54) is 4.90 Å². The molecule has 0 spiro atoms. The topological polar surface area (TPSA) is 89.8 Å². The number of fused-ring (bicyclic) bond motifs is 1. The van der Waals surface area contributed by atoms with Crippen LogP contribution in [0.3, 0.4) is 0 Å². The number of hydrogen-bond acceptors (Lipinski definition) is 4. The number of nitrogens with one attached hydrogen (secondary N) is 1. The molecular formula is C20H14N4O2. The van der Waals surface area contributed by atoms with E-state index in [2.05, 4.69) is 16.0 Å². The number of imidazole rings is 1. The van der Waals surface area contributed by atoms with Gasteiger partial charge in [0.05, 0.1) is 41.3 Å². The van der Waals surface area contributed by atoms with Gasteiger partial charge in [0, 0.05) is 6.42 Å². The van der Waals surface area contributed by atoms with Gasteiger partial charge in [-0.3, -0.25) is 14.5 Å². The molecule has 4 rings (SSSR count). The third kappa shape index (κ3) is 2.76. The van der Waals surface area contributed by atoms with E-state index >= 15 is 0 Å². The van der Waals surface area contributed by atoms with Crippen LogP contribution in [0.5, 0.6) is 0 Å².